The van der Waals surface area contributed by atoms with Gasteiger partial charge in [-0.15, -0.1) is 0 Å². The smallest absolute Gasteiger partial charge is 0.179 e. The van der Waals surface area contributed by atoms with Crippen LogP contribution in [-0.4, -0.2) is 12.0 Å². The molecule has 0 fully saturated rings. The fourth-order valence-corrected chi connectivity index (χ4v) is 4.62. The highest BCUT2D eigenvalue weighted by atomic mass is 16.1. The van der Waals surface area contributed by atoms with Gasteiger partial charge < -0.3 is 5.43 Å². The van der Waals surface area contributed by atoms with Gasteiger partial charge >= 0.3 is 0 Å². The highest BCUT2D eigenvalue weighted by molar-refractivity contribution is 6.10. The Hall–Kier alpha value is -3.20. The van der Waals surface area contributed by atoms with Gasteiger partial charge in [-0.2, -0.15) is 5.10 Å². The first-order valence-electron chi connectivity index (χ1n) is 10.4. The molecule has 4 aliphatic rings. The van der Waals surface area contributed by atoms with Crippen LogP contribution < -0.4 is 5.43 Å². The maximum atomic E-state index is 11.6. The molecule has 6 rings (SSSR count). The molecule has 3 heteroatoms. The van der Waals surface area contributed by atoms with Crippen LogP contribution in [0, 0.1) is 0 Å². The Morgan fingerprint density at radius 2 is 1.79 bits per heavy atom. The highest BCUT2D eigenvalue weighted by Gasteiger charge is 2.23. The monoisotopic (exact) mass is 380 g/mol. The molecule has 0 radical (unpaired) electrons. The van der Waals surface area contributed by atoms with Crippen LogP contribution >= 0.6 is 0 Å². The molecule has 3 nitrogen and oxygen atoms in total. The molecular weight excluding hydrogens is 356 g/mol. The van der Waals surface area contributed by atoms with Crippen molar-refractivity contribution in [1.82, 2.24) is 5.43 Å². The fourth-order valence-electron chi connectivity index (χ4n) is 4.62. The largest absolute Gasteiger partial charge is 0.306 e. The molecule has 3 aliphatic carbocycles. The minimum atomic E-state index is 0.109. The van der Waals surface area contributed by atoms with E-state index in [1.807, 2.05) is 24.4 Å². The minimum Gasteiger partial charge on any atom is -0.306 e. The van der Waals surface area contributed by atoms with Crippen LogP contribution in [-0.2, 0) is 30.6 Å². The van der Waals surface area contributed by atoms with Gasteiger partial charge in [0.15, 0.2) is 5.78 Å². The van der Waals surface area contributed by atoms with Crippen molar-refractivity contribution in [1.29, 1.82) is 0 Å². The Labute approximate surface area is 171 Å². The van der Waals surface area contributed by atoms with Gasteiger partial charge in [0.1, 0.15) is 0 Å². The number of benzene rings is 2. The molecule has 2 aromatic carbocycles. The Bertz CT molecular complexity index is 1100. The summed E-state index contributed by atoms with van der Waals surface area (Å²) in [6.45, 7) is 0.854. The van der Waals surface area contributed by atoms with E-state index in [0.29, 0.717) is 0 Å². The molecular formula is C26H24N2O. The molecule has 0 spiro atoms. The van der Waals surface area contributed by atoms with E-state index in [1.165, 1.54) is 59.1 Å². The normalized spacial score (nSPS) is 18.0. The van der Waals surface area contributed by atoms with Gasteiger partial charge in [-0.05, 0) is 88.8 Å². The van der Waals surface area contributed by atoms with Crippen LogP contribution in [0.1, 0.15) is 46.2 Å². The number of ketones is 1. The summed E-state index contributed by atoms with van der Waals surface area (Å²) in [4.78, 5) is 11.6. The molecule has 2 aromatic rings. The topological polar surface area (TPSA) is 41.5 Å². The molecule has 144 valence electrons. The van der Waals surface area contributed by atoms with Gasteiger partial charge in [0, 0.05) is 0 Å². The van der Waals surface area contributed by atoms with Crippen LogP contribution in [0.15, 0.2) is 71.4 Å². The van der Waals surface area contributed by atoms with E-state index in [2.05, 4.69) is 40.9 Å². The molecule has 0 saturated carbocycles. The van der Waals surface area contributed by atoms with Gasteiger partial charge in [-0.3, -0.25) is 4.79 Å². The van der Waals surface area contributed by atoms with Gasteiger partial charge in [0.2, 0.25) is 0 Å². The number of hydrogen-bond donors (Lipinski definition) is 1. The van der Waals surface area contributed by atoms with Gasteiger partial charge in [-0.1, -0.05) is 48.6 Å². The quantitative estimate of drug-likeness (QED) is 0.720. The second kappa shape index (κ2) is 7.67. The molecule has 0 aromatic heterocycles. The summed E-state index contributed by atoms with van der Waals surface area (Å²) in [6, 6.07) is 12.7. The van der Waals surface area contributed by atoms with Crippen molar-refractivity contribution in [3.8, 4) is 0 Å². The van der Waals surface area contributed by atoms with Crippen molar-refractivity contribution >= 4 is 17.6 Å². The lowest BCUT2D eigenvalue weighted by atomic mass is 9.77. The van der Waals surface area contributed by atoms with E-state index in [4.69, 9.17) is 0 Å². The Morgan fingerprint density at radius 3 is 2.72 bits per heavy atom. The van der Waals surface area contributed by atoms with Crippen LogP contribution in [0.3, 0.4) is 0 Å². The molecule has 29 heavy (non-hydrogen) atoms. The van der Waals surface area contributed by atoms with E-state index in [9.17, 15) is 4.79 Å². The summed E-state index contributed by atoms with van der Waals surface area (Å²) in [5.41, 5.74) is 13.6. The zero-order valence-electron chi connectivity index (χ0n) is 16.4. The van der Waals surface area contributed by atoms with Crippen LogP contribution in [0.5, 0.6) is 0 Å². The number of hydrazone groups is 1. The Balaban J connectivity index is 0.000000153. The predicted octanol–water partition coefficient (Wildman–Crippen LogP) is 4.69. The molecule has 0 saturated heterocycles. The third kappa shape index (κ3) is 3.49. The van der Waals surface area contributed by atoms with Crippen molar-refractivity contribution < 1.29 is 4.79 Å². The highest BCUT2D eigenvalue weighted by Crippen LogP contribution is 2.38. The van der Waals surface area contributed by atoms with Gasteiger partial charge in [0.25, 0.3) is 0 Å². The SMILES string of the molecule is C1=NNCc2ccccc21.O=C1C=CC2=CCc3c(ccc4c3CCCC4)C2=C1. The average molecular weight is 380 g/mol. The van der Waals surface area contributed by atoms with E-state index in [-0.39, 0.29) is 5.78 Å². The fraction of sp³-hybridized carbons (Fsp3) is 0.231. The minimum absolute atomic E-state index is 0.109. The number of rotatable bonds is 0. The van der Waals surface area contributed by atoms with Crippen LogP contribution in [0.4, 0.5) is 0 Å². The number of allylic oxidation sites excluding steroid dienone is 6. The van der Waals surface area contributed by atoms with Crippen LogP contribution in [0.25, 0.3) is 5.57 Å². The number of carbonyl (C=O) groups is 1. The maximum absolute atomic E-state index is 11.6. The molecule has 0 bridgehead atoms. The maximum Gasteiger partial charge on any atom is 0.179 e. The van der Waals surface area contributed by atoms with E-state index >= 15 is 0 Å². The third-order valence-electron chi connectivity index (χ3n) is 6.11. The number of fused-ring (bicyclic) bond motifs is 6. The first kappa shape index (κ1) is 17.9. The van der Waals surface area contributed by atoms with E-state index in [1.54, 1.807) is 17.7 Å². The number of carbonyl (C=O) groups excluding carboxylic acids is 1. The average Bonchev–Trinajstić information content (AvgIpc) is 2.79. The first-order valence-corrected chi connectivity index (χ1v) is 10.4. The van der Waals surface area contributed by atoms with Gasteiger partial charge in [0.05, 0.1) is 12.8 Å². The molecule has 0 amide bonds. The van der Waals surface area contributed by atoms with Crippen molar-refractivity contribution in [2.75, 3.05) is 0 Å². The second-order valence-corrected chi connectivity index (χ2v) is 7.89. The van der Waals surface area contributed by atoms with Crippen molar-refractivity contribution in [3.05, 3.63) is 99.7 Å². The van der Waals surface area contributed by atoms with E-state index in [0.717, 1.165) is 18.5 Å². The van der Waals surface area contributed by atoms with Crippen molar-refractivity contribution in [2.45, 2.75) is 38.6 Å². The lowest BCUT2D eigenvalue weighted by Gasteiger charge is -2.27. The number of nitrogens with one attached hydrogen (secondary N) is 1. The number of aryl methyl sites for hydroxylation is 1. The lowest BCUT2D eigenvalue weighted by Crippen LogP contribution is -2.13. The second-order valence-electron chi connectivity index (χ2n) is 7.89. The summed E-state index contributed by atoms with van der Waals surface area (Å²) in [5, 5.41) is 3.94. The summed E-state index contributed by atoms with van der Waals surface area (Å²) >= 11 is 0. The zero-order valence-corrected chi connectivity index (χ0v) is 16.4. The molecule has 0 atom stereocenters. The summed E-state index contributed by atoms with van der Waals surface area (Å²) in [5.74, 6) is 0.109. The zero-order chi connectivity index (χ0) is 19.6. The van der Waals surface area contributed by atoms with E-state index < -0.39 is 0 Å². The number of hydrogen-bond acceptors (Lipinski definition) is 3. The molecule has 1 N–H and O–H groups in total. The van der Waals surface area contributed by atoms with Crippen LogP contribution in [0.2, 0.25) is 0 Å². The summed E-state index contributed by atoms with van der Waals surface area (Å²) in [7, 11) is 0. The standard InChI is InChI=1S/C18H16O.C8H8N2/c19-14-8-5-13-7-9-16-15-4-2-1-3-12(15)6-10-17(16)18(13)11-14;1-2-4-8-6-10-9-5-7(8)3-1/h5-8,10-11H,1-4,9H2;1-5,10H,6H2. The van der Waals surface area contributed by atoms with Crippen molar-refractivity contribution in [3.63, 3.8) is 0 Å². The molecule has 1 heterocycles. The third-order valence-corrected chi connectivity index (χ3v) is 6.11. The lowest BCUT2D eigenvalue weighted by molar-refractivity contribution is -0.110. The number of nitrogens with zero attached hydrogens (tertiary/aromatic N) is 1. The molecule has 0 unspecified atom stereocenters. The Kier molecular flexibility index (Phi) is 4.73. The summed E-state index contributed by atoms with van der Waals surface area (Å²) in [6.07, 6.45) is 15.6. The Morgan fingerprint density at radius 1 is 0.897 bits per heavy atom. The predicted molar refractivity (Wildman–Crippen MR) is 118 cm³/mol. The van der Waals surface area contributed by atoms with Crippen molar-refractivity contribution in [2.24, 2.45) is 5.10 Å². The molecule has 1 aliphatic heterocycles. The first-order chi connectivity index (χ1) is 14.3. The summed E-state index contributed by atoms with van der Waals surface area (Å²) < 4.78 is 0. The van der Waals surface area contributed by atoms with Gasteiger partial charge in [-0.25, -0.2) is 0 Å².